The van der Waals surface area contributed by atoms with E-state index in [4.69, 9.17) is 16.1 Å². The first-order valence-electron chi connectivity index (χ1n) is 8.22. The lowest BCUT2D eigenvalue weighted by Crippen LogP contribution is -2.29. The molecule has 0 aliphatic heterocycles. The minimum atomic E-state index is -4.50. The zero-order valence-electron chi connectivity index (χ0n) is 14.7. The van der Waals surface area contributed by atoms with Crippen LogP contribution < -0.4 is 10.6 Å². The molecule has 2 rings (SSSR count). The Balaban J connectivity index is 1.71. The molecule has 0 radical (unpaired) electrons. The Morgan fingerprint density at radius 1 is 1.33 bits per heavy atom. The number of nitrogens with zero attached hydrogens (tertiary/aromatic N) is 3. The summed E-state index contributed by atoms with van der Waals surface area (Å²) in [7, 11) is 0. The van der Waals surface area contributed by atoms with Gasteiger partial charge in [-0.05, 0) is 6.07 Å². The number of pyridine rings is 1. The topological polar surface area (TPSA) is 92.9 Å². The first-order valence-corrected chi connectivity index (χ1v) is 8.60. The van der Waals surface area contributed by atoms with Crippen molar-refractivity contribution in [1.82, 2.24) is 20.4 Å². The van der Waals surface area contributed by atoms with Gasteiger partial charge in [-0.15, -0.1) is 0 Å². The summed E-state index contributed by atoms with van der Waals surface area (Å²) in [4.78, 5) is 19.6. The van der Waals surface area contributed by atoms with Crippen LogP contribution in [0, 0.1) is 0 Å². The van der Waals surface area contributed by atoms with E-state index >= 15 is 0 Å². The second-order valence-corrected chi connectivity index (χ2v) is 6.44. The van der Waals surface area contributed by atoms with Crippen molar-refractivity contribution in [2.75, 3.05) is 18.4 Å². The summed E-state index contributed by atoms with van der Waals surface area (Å²) >= 11 is 5.78. The third kappa shape index (κ3) is 6.38. The fourth-order valence-corrected chi connectivity index (χ4v) is 2.25. The number of alkyl halides is 3. The van der Waals surface area contributed by atoms with Gasteiger partial charge in [0.15, 0.2) is 5.82 Å². The number of rotatable bonds is 8. The number of carbonyl (C=O) groups is 1. The maximum Gasteiger partial charge on any atom is 0.417 e. The van der Waals surface area contributed by atoms with Gasteiger partial charge in [-0.2, -0.15) is 18.2 Å². The van der Waals surface area contributed by atoms with Gasteiger partial charge in [0.25, 0.3) is 0 Å². The van der Waals surface area contributed by atoms with E-state index in [9.17, 15) is 18.0 Å². The second kappa shape index (κ2) is 9.03. The van der Waals surface area contributed by atoms with Gasteiger partial charge in [0.1, 0.15) is 5.82 Å². The maximum absolute atomic E-state index is 12.5. The maximum atomic E-state index is 12.5. The number of aromatic nitrogens is 3. The van der Waals surface area contributed by atoms with Gasteiger partial charge in [-0.25, -0.2) is 4.98 Å². The lowest BCUT2D eigenvalue weighted by molar-refractivity contribution is -0.137. The molecule has 0 spiro atoms. The highest BCUT2D eigenvalue weighted by Gasteiger charge is 2.31. The first-order chi connectivity index (χ1) is 12.7. The Kier molecular flexibility index (Phi) is 7.00. The molecule has 0 aromatic carbocycles. The van der Waals surface area contributed by atoms with Crippen LogP contribution in [0.25, 0.3) is 0 Å². The normalized spacial score (nSPS) is 11.7. The highest BCUT2D eigenvalue weighted by Crippen LogP contribution is 2.32. The smallest absolute Gasteiger partial charge is 0.367 e. The van der Waals surface area contributed by atoms with Gasteiger partial charge < -0.3 is 15.2 Å². The Bertz CT molecular complexity index is 780. The number of hydrogen-bond donors (Lipinski definition) is 2. The van der Waals surface area contributed by atoms with Crippen LogP contribution in [0.2, 0.25) is 5.02 Å². The van der Waals surface area contributed by atoms with Gasteiger partial charge in [-0.3, -0.25) is 4.79 Å². The molecule has 27 heavy (non-hydrogen) atoms. The number of amides is 1. The molecule has 2 aromatic rings. The van der Waals surface area contributed by atoms with E-state index in [1.54, 1.807) is 0 Å². The summed E-state index contributed by atoms with van der Waals surface area (Å²) in [6.45, 7) is 4.37. The highest BCUT2D eigenvalue weighted by molar-refractivity contribution is 6.32. The van der Waals surface area contributed by atoms with Crippen molar-refractivity contribution in [3.63, 3.8) is 0 Å². The Labute approximate surface area is 158 Å². The average Bonchev–Trinajstić information content (AvgIpc) is 3.06. The minimum Gasteiger partial charge on any atom is -0.367 e. The molecule has 0 bridgehead atoms. The zero-order valence-corrected chi connectivity index (χ0v) is 15.5. The fourth-order valence-electron chi connectivity index (χ4n) is 2.02. The van der Waals surface area contributed by atoms with Crippen molar-refractivity contribution in [3.8, 4) is 0 Å². The van der Waals surface area contributed by atoms with Crippen molar-refractivity contribution in [2.24, 2.45) is 0 Å². The molecular formula is C16H19ClF3N5O2. The third-order valence-corrected chi connectivity index (χ3v) is 3.76. The predicted octanol–water partition coefficient (Wildman–Crippen LogP) is 3.42. The summed E-state index contributed by atoms with van der Waals surface area (Å²) in [6.07, 6.45) is -3.30. The van der Waals surface area contributed by atoms with Crippen LogP contribution in [0.4, 0.5) is 19.0 Å². The number of anilines is 1. The van der Waals surface area contributed by atoms with Crippen LogP contribution in [0.5, 0.6) is 0 Å². The van der Waals surface area contributed by atoms with E-state index in [2.05, 4.69) is 25.8 Å². The van der Waals surface area contributed by atoms with Crippen molar-refractivity contribution in [1.29, 1.82) is 0 Å². The lowest BCUT2D eigenvalue weighted by Gasteiger charge is -2.11. The van der Waals surface area contributed by atoms with Gasteiger partial charge in [0, 0.05) is 38.0 Å². The van der Waals surface area contributed by atoms with E-state index in [0.717, 1.165) is 6.07 Å². The molecule has 2 heterocycles. The molecule has 11 heteroatoms. The molecule has 2 N–H and O–H groups in total. The number of carbonyl (C=O) groups excluding carboxylic acids is 1. The molecule has 148 valence electrons. The summed E-state index contributed by atoms with van der Waals surface area (Å²) in [5, 5.41) is 9.11. The SMILES string of the molecule is CC(C)c1noc(CCC(=O)NCCNc2ncc(C(F)(F)F)cc2Cl)n1. The van der Waals surface area contributed by atoms with Gasteiger partial charge >= 0.3 is 6.18 Å². The van der Waals surface area contributed by atoms with E-state index in [-0.39, 0.29) is 42.2 Å². The molecule has 0 atom stereocenters. The molecule has 0 saturated carbocycles. The van der Waals surface area contributed by atoms with Crippen molar-refractivity contribution >= 4 is 23.3 Å². The highest BCUT2D eigenvalue weighted by atomic mass is 35.5. The minimum absolute atomic E-state index is 0.117. The fraction of sp³-hybridized carbons (Fsp3) is 0.500. The van der Waals surface area contributed by atoms with E-state index in [1.807, 2.05) is 13.8 Å². The van der Waals surface area contributed by atoms with E-state index < -0.39 is 11.7 Å². The summed E-state index contributed by atoms with van der Waals surface area (Å²) < 4.78 is 42.7. The summed E-state index contributed by atoms with van der Waals surface area (Å²) in [5.41, 5.74) is -0.923. The molecule has 1 amide bonds. The molecule has 0 aliphatic carbocycles. The summed E-state index contributed by atoms with van der Waals surface area (Å²) in [5.74, 6) is 1.04. The standard InChI is InChI=1S/C16H19ClF3N5O2/c1-9(2)14-24-13(27-25-14)4-3-12(26)21-5-6-22-15-11(17)7-10(8-23-15)16(18,19)20/h7-9H,3-6H2,1-2H3,(H,21,26)(H,22,23). The lowest BCUT2D eigenvalue weighted by atomic mass is 10.2. The van der Waals surface area contributed by atoms with Crippen LogP contribution in [0.15, 0.2) is 16.8 Å². The van der Waals surface area contributed by atoms with Crippen LogP contribution in [-0.4, -0.2) is 34.1 Å². The van der Waals surface area contributed by atoms with Crippen molar-refractivity contribution in [2.45, 2.75) is 38.8 Å². The van der Waals surface area contributed by atoms with Gasteiger partial charge in [0.2, 0.25) is 11.8 Å². The third-order valence-electron chi connectivity index (χ3n) is 3.47. The molecular weight excluding hydrogens is 387 g/mol. The van der Waals surface area contributed by atoms with Crippen LogP contribution in [0.3, 0.4) is 0 Å². The van der Waals surface area contributed by atoms with Crippen LogP contribution >= 0.6 is 11.6 Å². The molecule has 2 aromatic heterocycles. The number of nitrogens with one attached hydrogen (secondary N) is 2. The van der Waals surface area contributed by atoms with Crippen molar-refractivity contribution in [3.05, 3.63) is 34.6 Å². The molecule has 0 saturated heterocycles. The quantitative estimate of drug-likeness (QED) is 0.654. The van der Waals surface area contributed by atoms with Gasteiger partial charge in [-0.1, -0.05) is 30.6 Å². The van der Waals surface area contributed by atoms with Crippen LogP contribution in [-0.2, 0) is 17.4 Å². The molecule has 0 fully saturated rings. The number of aryl methyl sites for hydroxylation is 1. The van der Waals surface area contributed by atoms with E-state index in [1.165, 1.54) is 0 Å². The number of halogens is 4. The second-order valence-electron chi connectivity index (χ2n) is 6.03. The summed E-state index contributed by atoms with van der Waals surface area (Å²) in [6, 6.07) is 0.797. The Morgan fingerprint density at radius 2 is 2.07 bits per heavy atom. The monoisotopic (exact) mass is 405 g/mol. The first kappa shape index (κ1) is 20.9. The van der Waals surface area contributed by atoms with Gasteiger partial charge in [0.05, 0.1) is 10.6 Å². The largest absolute Gasteiger partial charge is 0.417 e. The Hall–Kier alpha value is -2.36. The average molecular weight is 406 g/mol. The van der Waals surface area contributed by atoms with E-state index in [0.29, 0.717) is 24.3 Å². The van der Waals surface area contributed by atoms with Crippen LogP contribution in [0.1, 0.15) is 43.5 Å². The molecule has 7 nitrogen and oxygen atoms in total. The molecule has 0 unspecified atom stereocenters. The zero-order chi connectivity index (χ0) is 20.0. The molecule has 0 aliphatic rings. The Morgan fingerprint density at radius 3 is 2.67 bits per heavy atom. The van der Waals surface area contributed by atoms with Crippen molar-refractivity contribution < 1.29 is 22.5 Å². The number of hydrogen-bond acceptors (Lipinski definition) is 6. The predicted molar refractivity (Wildman–Crippen MR) is 92.5 cm³/mol.